The third kappa shape index (κ3) is 2.64. The second-order valence-electron chi connectivity index (χ2n) is 4.46. The molecule has 0 aliphatic heterocycles. The molecule has 0 aromatic heterocycles. The molecular weight excluding hydrogens is 262 g/mol. The van der Waals surface area contributed by atoms with Gasteiger partial charge in [-0.15, -0.1) is 0 Å². The van der Waals surface area contributed by atoms with Gasteiger partial charge < -0.3 is 4.74 Å². The summed E-state index contributed by atoms with van der Waals surface area (Å²) in [4.78, 5) is 0. The summed E-state index contributed by atoms with van der Waals surface area (Å²) >= 11 is 0. The molecule has 1 unspecified atom stereocenters. The quantitative estimate of drug-likeness (QED) is 0.668. The lowest BCUT2D eigenvalue weighted by Crippen LogP contribution is -2.30. The van der Waals surface area contributed by atoms with Crippen molar-refractivity contribution in [1.29, 1.82) is 0 Å². The number of halogens is 2. The molecule has 0 aliphatic rings. The van der Waals surface area contributed by atoms with Crippen molar-refractivity contribution < 1.29 is 13.5 Å². The van der Waals surface area contributed by atoms with Crippen molar-refractivity contribution in [3.63, 3.8) is 0 Å². The number of nitrogens with one attached hydrogen (secondary N) is 1. The largest absolute Gasteiger partial charge is 0.497 e. The number of nitrogens with two attached hydrogens (primary N) is 1. The second kappa shape index (κ2) is 5.98. The number of ether oxygens (including phenoxy) is 1. The highest BCUT2D eigenvalue weighted by atomic mass is 19.1. The van der Waals surface area contributed by atoms with Gasteiger partial charge >= 0.3 is 0 Å². The second-order valence-corrected chi connectivity index (χ2v) is 4.46. The van der Waals surface area contributed by atoms with E-state index in [1.165, 1.54) is 12.1 Å². The minimum Gasteiger partial charge on any atom is -0.497 e. The van der Waals surface area contributed by atoms with Crippen molar-refractivity contribution in [3.05, 3.63) is 64.7 Å². The first-order valence-electron chi connectivity index (χ1n) is 6.13. The summed E-state index contributed by atoms with van der Waals surface area (Å²) in [6.07, 6.45) is 0. The van der Waals surface area contributed by atoms with Crippen LogP contribution < -0.4 is 16.0 Å². The Morgan fingerprint density at radius 1 is 1.10 bits per heavy atom. The molecule has 2 rings (SSSR count). The maximum atomic E-state index is 14.2. The molecule has 0 spiro atoms. The van der Waals surface area contributed by atoms with E-state index in [9.17, 15) is 8.78 Å². The molecule has 2 aromatic rings. The fourth-order valence-corrected chi connectivity index (χ4v) is 2.09. The third-order valence-corrected chi connectivity index (χ3v) is 3.22. The molecule has 0 fully saturated rings. The molecular formula is C15H16F2N2O. The Labute approximate surface area is 116 Å². The first kappa shape index (κ1) is 14.4. The van der Waals surface area contributed by atoms with Crippen LogP contribution in [0.4, 0.5) is 8.78 Å². The van der Waals surface area contributed by atoms with E-state index in [4.69, 9.17) is 10.6 Å². The lowest BCUT2D eigenvalue weighted by molar-refractivity contribution is 0.414. The van der Waals surface area contributed by atoms with E-state index in [1.54, 1.807) is 38.3 Å². The topological polar surface area (TPSA) is 47.3 Å². The average Bonchev–Trinajstić information content (AvgIpc) is 2.48. The number of benzene rings is 2. The van der Waals surface area contributed by atoms with E-state index in [0.29, 0.717) is 16.9 Å². The van der Waals surface area contributed by atoms with Crippen LogP contribution in [-0.2, 0) is 0 Å². The number of hydrogen-bond acceptors (Lipinski definition) is 3. The van der Waals surface area contributed by atoms with Crippen molar-refractivity contribution in [2.75, 3.05) is 7.11 Å². The van der Waals surface area contributed by atoms with Gasteiger partial charge in [0, 0.05) is 5.56 Å². The van der Waals surface area contributed by atoms with Gasteiger partial charge in [0.25, 0.3) is 0 Å². The number of rotatable bonds is 4. The molecule has 20 heavy (non-hydrogen) atoms. The molecule has 0 saturated heterocycles. The Morgan fingerprint density at radius 3 is 2.30 bits per heavy atom. The Hall–Kier alpha value is -1.98. The molecule has 3 N–H and O–H groups in total. The Kier molecular flexibility index (Phi) is 4.32. The average molecular weight is 278 g/mol. The lowest BCUT2D eigenvalue weighted by atomic mass is 9.96. The zero-order valence-electron chi connectivity index (χ0n) is 11.3. The number of hydrogen-bond donors (Lipinski definition) is 2. The summed E-state index contributed by atoms with van der Waals surface area (Å²) < 4.78 is 33.2. The van der Waals surface area contributed by atoms with Crippen LogP contribution in [-0.4, -0.2) is 7.11 Å². The van der Waals surface area contributed by atoms with Gasteiger partial charge in [0.2, 0.25) is 0 Å². The molecule has 0 radical (unpaired) electrons. The van der Waals surface area contributed by atoms with E-state index in [-0.39, 0.29) is 5.56 Å². The van der Waals surface area contributed by atoms with Crippen LogP contribution in [0, 0.1) is 18.6 Å². The normalized spacial score (nSPS) is 12.2. The highest BCUT2D eigenvalue weighted by Crippen LogP contribution is 2.29. The summed E-state index contributed by atoms with van der Waals surface area (Å²) in [5, 5.41) is 0. The lowest BCUT2D eigenvalue weighted by Gasteiger charge is -2.19. The standard InChI is InChI=1S/C15H16F2N2O/c1-9-3-8-12(16)13(14(9)17)15(19-18)10-4-6-11(20-2)7-5-10/h3-8,15,19H,18H2,1-2H3. The fourth-order valence-electron chi connectivity index (χ4n) is 2.09. The molecule has 0 amide bonds. The predicted molar refractivity (Wildman–Crippen MR) is 73.3 cm³/mol. The molecule has 1 atom stereocenters. The highest BCUT2D eigenvalue weighted by Gasteiger charge is 2.22. The van der Waals surface area contributed by atoms with Crippen molar-refractivity contribution >= 4 is 0 Å². The van der Waals surface area contributed by atoms with Gasteiger partial charge in [0.1, 0.15) is 17.4 Å². The maximum absolute atomic E-state index is 14.2. The minimum absolute atomic E-state index is 0.0855. The highest BCUT2D eigenvalue weighted by molar-refractivity contribution is 5.38. The molecule has 0 heterocycles. The molecule has 0 aliphatic carbocycles. The van der Waals surface area contributed by atoms with Crippen LogP contribution >= 0.6 is 0 Å². The molecule has 0 saturated carbocycles. The van der Waals surface area contributed by atoms with Gasteiger partial charge in [-0.2, -0.15) is 0 Å². The summed E-state index contributed by atoms with van der Waals surface area (Å²) in [5.41, 5.74) is 3.39. The van der Waals surface area contributed by atoms with Gasteiger partial charge in [-0.05, 0) is 36.2 Å². The summed E-state index contributed by atoms with van der Waals surface area (Å²) in [7, 11) is 1.55. The van der Waals surface area contributed by atoms with Gasteiger partial charge in [-0.1, -0.05) is 18.2 Å². The van der Waals surface area contributed by atoms with Crippen LogP contribution in [0.3, 0.4) is 0 Å². The zero-order chi connectivity index (χ0) is 14.7. The maximum Gasteiger partial charge on any atom is 0.134 e. The Balaban J connectivity index is 2.49. The van der Waals surface area contributed by atoms with Crippen LogP contribution in [0.25, 0.3) is 0 Å². The summed E-state index contributed by atoms with van der Waals surface area (Å²) in [5.74, 6) is 4.92. The molecule has 106 valence electrons. The zero-order valence-corrected chi connectivity index (χ0v) is 11.3. The summed E-state index contributed by atoms with van der Waals surface area (Å²) in [6, 6.07) is 8.73. The Bertz CT molecular complexity index is 600. The first-order valence-corrected chi connectivity index (χ1v) is 6.13. The van der Waals surface area contributed by atoms with Crippen molar-refractivity contribution in [1.82, 2.24) is 5.43 Å². The van der Waals surface area contributed by atoms with E-state index < -0.39 is 17.7 Å². The number of hydrazine groups is 1. The monoisotopic (exact) mass is 278 g/mol. The van der Waals surface area contributed by atoms with E-state index >= 15 is 0 Å². The first-order chi connectivity index (χ1) is 9.58. The van der Waals surface area contributed by atoms with E-state index in [0.717, 1.165) is 0 Å². The van der Waals surface area contributed by atoms with Crippen molar-refractivity contribution in [2.45, 2.75) is 13.0 Å². The fraction of sp³-hybridized carbons (Fsp3) is 0.200. The third-order valence-electron chi connectivity index (χ3n) is 3.22. The molecule has 5 heteroatoms. The van der Waals surface area contributed by atoms with Crippen LogP contribution in [0.15, 0.2) is 36.4 Å². The van der Waals surface area contributed by atoms with Gasteiger partial charge in [-0.3, -0.25) is 5.84 Å². The number of aryl methyl sites for hydroxylation is 1. The van der Waals surface area contributed by atoms with Gasteiger partial charge in [0.05, 0.1) is 13.2 Å². The molecule has 3 nitrogen and oxygen atoms in total. The van der Waals surface area contributed by atoms with Crippen molar-refractivity contribution in [2.24, 2.45) is 5.84 Å². The van der Waals surface area contributed by atoms with Crippen molar-refractivity contribution in [3.8, 4) is 5.75 Å². The van der Waals surface area contributed by atoms with Gasteiger partial charge in [0.15, 0.2) is 0 Å². The summed E-state index contributed by atoms with van der Waals surface area (Å²) in [6.45, 7) is 1.58. The minimum atomic E-state index is -0.763. The SMILES string of the molecule is COc1ccc(C(NN)c2c(F)ccc(C)c2F)cc1. The molecule has 0 bridgehead atoms. The van der Waals surface area contributed by atoms with E-state index in [2.05, 4.69) is 5.43 Å². The Morgan fingerprint density at radius 2 is 1.75 bits per heavy atom. The number of methoxy groups -OCH3 is 1. The smallest absolute Gasteiger partial charge is 0.134 e. The van der Waals surface area contributed by atoms with E-state index in [1.807, 2.05) is 0 Å². The van der Waals surface area contributed by atoms with Crippen LogP contribution in [0.1, 0.15) is 22.7 Å². The van der Waals surface area contributed by atoms with Gasteiger partial charge in [-0.25, -0.2) is 14.2 Å². The molecule has 2 aromatic carbocycles. The van der Waals surface area contributed by atoms with Crippen LogP contribution in [0.2, 0.25) is 0 Å². The van der Waals surface area contributed by atoms with Crippen LogP contribution in [0.5, 0.6) is 5.75 Å². The predicted octanol–water partition coefficient (Wildman–Crippen LogP) is 2.83.